The summed E-state index contributed by atoms with van der Waals surface area (Å²) in [5, 5.41) is 41.3. The normalized spacial score (nSPS) is 18.7. The number of nitrogens with two attached hydrogens (primary N) is 2. The lowest BCUT2D eigenvalue weighted by molar-refractivity contribution is -0.384. The Morgan fingerprint density at radius 2 is 0.937 bits per heavy atom. The second-order valence-electron chi connectivity index (χ2n) is 19.7. The maximum atomic E-state index is 12.7. The fourth-order valence-corrected chi connectivity index (χ4v) is 11.3. The fourth-order valence-electron chi connectivity index (χ4n) is 10.9. The van der Waals surface area contributed by atoms with Crippen LogP contribution in [0.1, 0.15) is 135 Å². The largest absolute Gasteiger partial charge is 0.410 e. The molecule has 4 aromatic rings. The van der Waals surface area contributed by atoms with Crippen LogP contribution >= 0.6 is 58.0 Å². The molecule has 3 aromatic carbocycles. The first-order valence-corrected chi connectivity index (χ1v) is 29.0. The van der Waals surface area contributed by atoms with E-state index in [1.165, 1.54) is 147 Å². The van der Waals surface area contributed by atoms with Gasteiger partial charge in [0.15, 0.2) is 0 Å². The number of hydrogen-bond donors (Lipinski definition) is 4. The van der Waals surface area contributed by atoms with Crippen molar-refractivity contribution in [1.29, 1.82) is 0 Å². The molecule has 6 aliphatic rings. The number of nitro benzene ring substituents is 2. The Labute approximate surface area is 488 Å². The summed E-state index contributed by atoms with van der Waals surface area (Å²) < 4.78 is 0. The number of rotatable bonds is 8. The third-order valence-corrected chi connectivity index (χ3v) is 15.8. The number of aromatic nitrogens is 3. The predicted octanol–water partition coefficient (Wildman–Crippen LogP) is 9.83. The van der Waals surface area contributed by atoms with E-state index in [1.807, 2.05) is 4.90 Å². The minimum absolute atomic E-state index is 0. The van der Waals surface area contributed by atoms with Crippen LogP contribution in [0.15, 0.2) is 54.6 Å². The first-order valence-electron chi connectivity index (χ1n) is 26.8. The maximum absolute atomic E-state index is 12.7. The van der Waals surface area contributed by atoms with Crippen molar-refractivity contribution >= 4 is 97.5 Å². The topological polar surface area (TPSA) is 269 Å². The zero-order valence-corrected chi connectivity index (χ0v) is 47.8. The molecule has 0 bridgehead atoms. The molecule has 79 heavy (non-hydrogen) atoms. The molecule has 6 aliphatic heterocycles. The number of piperidine rings is 6. The lowest BCUT2D eigenvalue weighted by atomic mass is 9.99. The molecule has 6 N–H and O–H groups in total. The molecule has 0 atom stereocenters. The molecule has 0 saturated carbocycles. The molecule has 6 fully saturated rings. The quantitative estimate of drug-likeness (QED) is 0.0319. The Kier molecular flexibility index (Phi) is 30.0. The van der Waals surface area contributed by atoms with Gasteiger partial charge in [-0.05, 0) is 189 Å². The molecule has 2 amide bonds. The van der Waals surface area contributed by atoms with E-state index in [1.54, 1.807) is 29.2 Å². The molecule has 10 rings (SSSR count). The Hall–Kier alpha value is -4.52. The average Bonchev–Trinajstić information content (AvgIpc) is 3.88. The van der Waals surface area contributed by atoms with Gasteiger partial charge in [-0.25, -0.2) is 0 Å². The number of amides is 2. The van der Waals surface area contributed by atoms with Crippen molar-refractivity contribution in [2.45, 2.75) is 122 Å². The number of hydrogen-bond acceptors (Lipinski definition) is 16. The second-order valence-corrected chi connectivity index (χ2v) is 21.7. The van der Waals surface area contributed by atoms with E-state index in [4.69, 9.17) is 58.0 Å². The van der Waals surface area contributed by atoms with Crippen LogP contribution in [0.3, 0.4) is 0 Å². The summed E-state index contributed by atoms with van der Waals surface area (Å²) in [4.78, 5) is 68.4. The van der Waals surface area contributed by atoms with E-state index in [0.717, 1.165) is 50.9 Å². The third-order valence-electron chi connectivity index (χ3n) is 15.0. The molecule has 0 aliphatic carbocycles. The number of fused-ring (bicyclic) bond motifs is 1. The highest BCUT2D eigenvalue weighted by Crippen LogP contribution is 2.29. The summed E-state index contributed by atoms with van der Waals surface area (Å²) in [5.41, 5.74) is 1.47. The SMILES string of the molecule is C.C1CCN(C2CCNCC2)CC1.ClCCl.NN.O=C(Cl)c1ccc(Cl)c([N+](=O)[O-])c1.O=C(c1ccc(Cl)c([N+](=O)[O-])c1)N1CCC(N2CCCCC2)CC1.O=C(c1ccc2nnn(O)c2c1)N1CCC(N2CCCCC2)CC1. The summed E-state index contributed by atoms with van der Waals surface area (Å²) in [7, 11) is 0. The lowest BCUT2D eigenvalue weighted by Crippen LogP contribution is -2.48. The lowest BCUT2D eigenvalue weighted by Gasteiger charge is -2.40. The van der Waals surface area contributed by atoms with Gasteiger partial charge < -0.3 is 35.0 Å². The molecule has 26 heteroatoms. The van der Waals surface area contributed by atoms with E-state index in [9.17, 15) is 39.8 Å². The Morgan fingerprint density at radius 1 is 0.582 bits per heavy atom. The van der Waals surface area contributed by atoms with Gasteiger partial charge in [-0.1, -0.05) is 54.7 Å². The maximum Gasteiger partial charge on any atom is 0.288 e. The van der Waals surface area contributed by atoms with Crippen LogP contribution in [0.4, 0.5) is 11.4 Å². The summed E-state index contributed by atoms with van der Waals surface area (Å²) in [6.07, 6.45) is 19.0. The van der Waals surface area contributed by atoms with Crippen LogP contribution < -0.4 is 17.0 Å². The zero-order valence-electron chi connectivity index (χ0n) is 44.0. The summed E-state index contributed by atoms with van der Waals surface area (Å²) in [5.74, 6) is 7.88. The third kappa shape index (κ3) is 20.5. The number of carbonyl (C=O) groups is 3. The number of benzene rings is 3. The standard InChI is InChI=1S/C17H22ClN3O3.C17H23N5O2.C10H20N2.C7H3Cl2NO3.CH2Cl2.CH4.H4N2/c18-15-5-4-13(12-16(15)21(23)24)17(22)20-10-6-14(7-11-20)19-8-2-1-3-9-19;23-17(13-4-5-15-16(12-13)22(24)19-18-15)21-10-6-14(7-11-21)20-8-2-1-3-9-20;1-2-8-12(9-3-1)10-4-6-11-7-5-10;8-5-2-1-4(7(9)11)3-6(5)10(12)13;2-1-3;;1-2/h4-5,12,14H,1-3,6-11H2;4-5,12,14,24H,1-3,6-11H2;10-11H,1-9H2;1-3H;1H2;1H4;1-2H2. The van der Waals surface area contributed by atoms with E-state index in [-0.39, 0.29) is 51.6 Å². The highest BCUT2D eigenvalue weighted by atomic mass is 35.5. The van der Waals surface area contributed by atoms with Crippen LogP contribution in [-0.4, -0.2) is 174 Å². The molecule has 21 nitrogen and oxygen atoms in total. The molecule has 1 aromatic heterocycles. The van der Waals surface area contributed by atoms with E-state index in [0.29, 0.717) is 52.2 Å². The fraction of sp³-hybridized carbons (Fsp3) is 0.604. The number of nitrogens with one attached hydrogen (secondary N) is 1. The zero-order chi connectivity index (χ0) is 56.6. The number of nitrogens with zero attached hydrogens (tertiary/aromatic N) is 10. The molecule has 0 radical (unpaired) electrons. The molecular formula is C53H78Cl5N13O8. The van der Waals surface area contributed by atoms with Crippen LogP contribution in [0.2, 0.25) is 10.0 Å². The van der Waals surface area contributed by atoms with Crippen LogP contribution in [-0.2, 0) is 0 Å². The Morgan fingerprint density at radius 3 is 1.33 bits per heavy atom. The predicted molar refractivity (Wildman–Crippen MR) is 313 cm³/mol. The van der Waals surface area contributed by atoms with Crippen molar-refractivity contribution in [3.05, 3.63) is 102 Å². The van der Waals surface area contributed by atoms with Crippen molar-refractivity contribution in [3.63, 3.8) is 0 Å². The Balaban J connectivity index is 0.000000229. The number of alkyl halides is 2. The van der Waals surface area contributed by atoms with Crippen molar-refractivity contribution in [3.8, 4) is 0 Å². The van der Waals surface area contributed by atoms with Crippen LogP contribution in [0, 0.1) is 20.2 Å². The molecule has 0 spiro atoms. The first kappa shape index (κ1) is 67.0. The van der Waals surface area contributed by atoms with Crippen molar-refractivity contribution in [2.75, 3.05) is 83.9 Å². The van der Waals surface area contributed by atoms with Crippen molar-refractivity contribution in [1.82, 2.24) is 45.0 Å². The van der Waals surface area contributed by atoms with E-state index >= 15 is 0 Å². The molecule has 438 valence electrons. The summed E-state index contributed by atoms with van der Waals surface area (Å²) in [6, 6.07) is 15.1. The first-order chi connectivity index (χ1) is 37.7. The van der Waals surface area contributed by atoms with Crippen molar-refractivity contribution in [2.24, 2.45) is 11.7 Å². The second kappa shape index (κ2) is 35.4. The van der Waals surface area contributed by atoms with Gasteiger partial charge in [0, 0.05) is 73.1 Å². The molecule has 0 unspecified atom stereocenters. The van der Waals surface area contributed by atoms with Crippen molar-refractivity contribution < 1.29 is 29.4 Å². The Bertz CT molecular complexity index is 2510. The summed E-state index contributed by atoms with van der Waals surface area (Å²) in [6.45, 7) is 13.0. The number of halogens is 5. The number of carbonyl (C=O) groups excluding carboxylic acids is 3. The van der Waals surface area contributed by atoms with Gasteiger partial charge in [-0.2, -0.15) is 0 Å². The van der Waals surface area contributed by atoms with Crippen LogP contribution in [0.25, 0.3) is 11.0 Å². The van der Waals surface area contributed by atoms with Crippen LogP contribution in [0.5, 0.6) is 0 Å². The van der Waals surface area contributed by atoms with Gasteiger partial charge in [-0.15, -0.1) is 28.3 Å². The number of hydrazine groups is 1. The summed E-state index contributed by atoms with van der Waals surface area (Å²) >= 11 is 26.0. The van der Waals surface area contributed by atoms with Gasteiger partial charge in [0.2, 0.25) is 0 Å². The van der Waals surface area contributed by atoms with Gasteiger partial charge in [0.05, 0.1) is 15.2 Å². The molecule has 6 saturated heterocycles. The molecule has 7 heterocycles. The minimum Gasteiger partial charge on any atom is -0.410 e. The van der Waals surface area contributed by atoms with Gasteiger partial charge >= 0.3 is 0 Å². The molecular weight excluding hydrogens is 1120 g/mol. The number of likely N-dealkylation sites (tertiary alicyclic amines) is 5. The van der Waals surface area contributed by atoms with E-state index in [2.05, 4.69) is 42.0 Å². The van der Waals surface area contributed by atoms with Gasteiger partial charge in [-0.3, -0.25) is 46.3 Å². The smallest absolute Gasteiger partial charge is 0.288 e. The average molecular weight is 1200 g/mol. The highest BCUT2D eigenvalue weighted by molar-refractivity contribution is 6.67. The van der Waals surface area contributed by atoms with E-state index < -0.39 is 15.1 Å². The minimum atomic E-state index is -0.750. The monoisotopic (exact) mass is 1200 g/mol. The number of nitro groups is 2. The van der Waals surface area contributed by atoms with Gasteiger partial charge in [0.1, 0.15) is 21.1 Å². The van der Waals surface area contributed by atoms with Gasteiger partial charge in [0.25, 0.3) is 28.4 Å². The highest BCUT2D eigenvalue weighted by Gasteiger charge is 2.31.